The van der Waals surface area contributed by atoms with Crippen LogP contribution in [-0.2, 0) is 0 Å². The van der Waals surface area contributed by atoms with Crippen molar-refractivity contribution >= 4 is 0 Å². The van der Waals surface area contributed by atoms with Gasteiger partial charge >= 0.3 is 0 Å². The van der Waals surface area contributed by atoms with Crippen molar-refractivity contribution in [2.75, 3.05) is 0 Å². The molecule has 2 aromatic heterocycles. The number of oxazole rings is 1. The minimum Gasteiger partial charge on any atom is -0.439 e. The lowest BCUT2D eigenvalue weighted by Gasteiger charge is -2.03. The average Bonchev–Trinajstić information content (AvgIpc) is 2.80. The monoisotopic (exact) mass is 217 g/mol. The van der Waals surface area contributed by atoms with Gasteiger partial charge in [0.1, 0.15) is 5.69 Å². The second-order valence-corrected chi connectivity index (χ2v) is 3.84. The van der Waals surface area contributed by atoms with Crippen molar-refractivity contribution in [2.24, 2.45) is 0 Å². The van der Waals surface area contributed by atoms with Crippen molar-refractivity contribution in [1.29, 1.82) is 0 Å². The van der Waals surface area contributed by atoms with E-state index in [4.69, 9.17) is 4.42 Å². The molecule has 16 heavy (non-hydrogen) atoms. The van der Waals surface area contributed by atoms with Crippen LogP contribution < -0.4 is 0 Å². The fourth-order valence-electron chi connectivity index (χ4n) is 1.62. The van der Waals surface area contributed by atoms with Gasteiger partial charge in [-0.1, -0.05) is 20.3 Å². The maximum Gasteiger partial charge on any atom is 0.197 e. The van der Waals surface area contributed by atoms with Gasteiger partial charge in [0.25, 0.3) is 0 Å². The van der Waals surface area contributed by atoms with Crippen LogP contribution in [0.15, 0.2) is 29.2 Å². The highest BCUT2D eigenvalue weighted by molar-refractivity contribution is 5.48. The Hall–Kier alpha value is -1.71. The molecule has 0 aliphatic heterocycles. The van der Waals surface area contributed by atoms with Crippen molar-refractivity contribution < 1.29 is 4.42 Å². The Bertz CT molecular complexity index is 439. The Morgan fingerprint density at radius 2 is 2.12 bits per heavy atom. The third kappa shape index (κ3) is 2.27. The summed E-state index contributed by atoms with van der Waals surface area (Å²) < 4.78 is 5.67. The maximum atomic E-state index is 5.67. The number of aromatic nitrogens is 3. The van der Waals surface area contributed by atoms with Gasteiger partial charge in [-0.3, -0.25) is 4.98 Å². The van der Waals surface area contributed by atoms with Crippen LogP contribution in [0, 0.1) is 0 Å². The number of nitrogens with zero attached hydrogens (tertiary/aromatic N) is 3. The first-order valence-corrected chi connectivity index (χ1v) is 5.53. The largest absolute Gasteiger partial charge is 0.439 e. The van der Waals surface area contributed by atoms with Crippen molar-refractivity contribution in [2.45, 2.75) is 32.6 Å². The van der Waals surface area contributed by atoms with Crippen LogP contribution in [0.5, 0.6) is 0 Å². The summed E-state index contributed by atoms with van der Waals surface area (Å²) in [5.41, 5.74) is 0.727. The molecule has 4 nitrogen and oxygen atoms in total. The van der Waals surface area contributed by atoms with Crippen LogP contribution in [0.4, 0.5) is 0 Å². The van der Waals surface area contributed by atoms with Gasteiger partial charge in [0.2, 0.25) is 0 Å². The van der Waals surface area contributed by atoms with E-state index in [0.29, 0.717) is 11.7 Å². The molecule has 0 aliphatic carbocycles. The molecule has 1 unspecified atom stereocenters. The molecule has 2 aromatic rings. The minimum atomic E-state index is 0.357. The molecule has 0 radical (unpaired) electrons. The lowest BCUT2D eigenvalue weighted by atomic mass is 10.1. The van der Waals surface area contributed by atoms with E-state index in [1.807, 2.05) is 0 Å². The van der Waals surface area contributed by atoms with Gasteiger partial charge in [0.15, 0.2) is 11.7 Å². The summed E-state index contributed by atoms with van der Waals surface area (Å²) in [6.45, 7) is 4.28. The topological polar surface area (TPSA) is 51.8 Å². The summed E-state index contributed by atoms with van der Waals surface area (Å²) in [5.74, 6) is 1.82. The second kappa shape index (κ2) is 4.88. The predicted molar refractivity (Wildman–Crippen MR) is 60.9 cm³/mol. The van der Waals surface area contributed by atoms with E-state index in [9.17, 15) is 0 Å². The van der Waals surface area contributed by atoms with Gasteiger partial charge in [-0.05, 0) is 6.42 Å². The number of hydrogen-bond donors (Lipinski definition) is 0. The lowest BCUT2D eigenvalue weighted by Crippen LogP contribution is -1.91. The SMILES string of the molecule is CCCC(C)c1ncc(-c2cnccn2)o1. The highest BCUT2D eigenvalue weighted by Crippen LogP contribution is 2.24. The zero-order valence-corrected chi connectivity index (χ0v) is 9.55. The molecule has 84 valence electrons. The number of hydrogen-bond acceptors (Lipinski definition) is 4. The highest BCUT2D eigenvalue weighted by atomic mass is 16.4. The van der Waals surface area contributed by atoms with Gasteiger partial charge in [-0.2, -0.15) is 0 Å². The molecule has 4 heteroatoms. The molecule has 0 bridgehead atoms. The van der Waals surface area contributed by atoms with Crippen LogP contribution in [0.3, 0.4) is 0 Å². The Balaban J connectivity index is 2.20. The first kappa shape index (κ1) is 10.8. The van der Waals surface area contributed by atoms with Gasteiger partial charge in [0, 0.05) is 18.3 Å². The molecule has 0 spiro atoms. The molecule has 0 fully saturated rings. The normalized spacial score (nSPS) is 12.6. The fourth-order valence-corrected chi connectivity index (χ4v) is 1.62. The van der Waals surface area contributed by atoms with Gasteiger partial charge < -0.3 is 4.42 Å². The van der Waals surface area contributed by atoms with E-state index < -0.39 is 0 Å². The van der Waals surface area contributed by atoms with Crippen LogP contribution in [0.25, 0.3) is 11.5 Å². The van der Waals surface area contributed by atoms with E-state index in [1.54, 1.807) is 24.8 Å². The molecule has 0 aromatic carbocycles. The van der Waals surface area contributed by atoms with Crippen molar-refractivity contribution in [3.63, 3.8) is 0 Å². The van der Waals surface area contributed by atoms with Gasteiger partial charge in [0.05, 0.1) is 12.4 Å². The predicted octanol–water partition coefficient (Wildman–Crippen LogP) is 3.04. The van der Waals surface area contributed by atoms with E-state index >= 15 is 0 Å². The first-order valence-electron chi connectivity index (χ1n) is 5.53. The van der Waals surface area contributed by atoms with E-state index in [1.165, 1.54) is 0 Å². The number of rotatable bonds is 4. The Morgan fingerprint density at radius 1 is 1.25 bits per heavy atom. The second-order valence-electron chi connectivity index (χ2n) is 3.84. The maximum absolute atomic E-state index is 5.67. The Morgan fingerprint density at radius 3 is 2.81 bits per heavy atom. The van der Waals surface area contributed by atoms with Crippen LogP contribution in [0.2, 0.25) is 0 Å². The highest BCUT2D eigenvalue weighted by Gasteiger charge is 2.12. The first-order chi connectivity index (χ1) is 7.81. The lowest BCUT2D eigenvalue weighted by molar-refractivity contribution is 0.451. The molecule has 2 rings (SSSR count). The van der Waals surface area contributed by atoms with Crippen molar-refractivity contribution in [3.8, 4) is 11.5 Å². The minimum absolute atomic E-state index is 0.357. The summed E-state index contributed by atoms with van der Waals surface area (Å²) in [4.78, 5) is 12.4. The zero-order valence-electron chi connectivity index (χ0n) is 9.55. The average molecular weight is 217 g/mol. The summed E-state index contributed by atoms with van der Waals surface area (Å²) in [7, 11) is 0. The Labute approximate surface area is 94.8 Å². The molecule has 2 heterocycles. The molecule has 0 aliphatic rings. The quantitative estimate of drug-likeness (QED) is 0.789. The van der Waals surface area contributed by atoms with E-state index in [0.717, 1.165) is 24.4 Å². The molecule has 0 amide bonds. The smallest absolute Gasteiger partial charge is 0.197 e. The fraction of sp³-hybridized carbons (Fsp3) is 0.417. The third-order valence-corrected chi connectivity index (χ3v) is 2.48. The van der Waals surface area contributed by atoms with Gasteiger partial charge in [-0.25, -0.2) is 9.97 Å². The molecule has 1 atom stereocenters. The molecule has 0 saturated heterocycles. The molecular formula is C12H15N3O. The summed E-state index contributed by atoms with van der Waals surface area (Å²) in [6.07, 6.45) is 8.89. The van der Waals surface area contributed by atoms with Crippen molar-refractivity contribution in [1.82, 2.24) is 15.0 Å². The van der Waals surface area contributed by atoms with Gasteiger partial charge in [-0.15, -0.1) is 0 Å². The molecule has 0 N–H and O–H groups in total. The summed E-state index contributed by atoms with van der Waals surface area (Å²) >= 11 is 0. The van der Waals surface area contributed by atoms with E-state index in [2.05, 4.69) is 28.8 Å². The Kier molecular flexibility index (Phi) is 3.29. The van der Waals surface area contributed by atoms with Crippen molar-refractivity contribution in [3.05, 3.63) is 30.7 Å². The third-order valence-electron chi connectivity index (χ3n) is 2.48. The van der Waals surface area contributed by atoms with Crippen LogP contribution >= 0.6 is 0 Å². The summed E-state index contributed by atoms with van der Waals surface area (Å²) in [6, 6.07) is 0. The van der Waals surface area contributed by atoms with Crippen LogP contribution in [0.1, 0.15) is 38.5 Å². The van der Waals surface area contributed by atoms with E-state index in [-0.39, 0.29) is 0 Å². The van der Waals surface area contributed by atoms with Crippen LogP contribution in [-0.4, -0.2) is 15.0 Å². The molecule has 0 saturated carbocycles. The summed E-state index contributed by atoms with van der Waals surface area (Å²) in [5, 5.41) is 0. The standard InChI is InChI=1S/C12H15N3O/c1-3-4-9(2)12-15-8-11(16-12)10-7-13-5-6-14-10/h5-9H,3-4H2,1-2H3. The molecular weight excluding hydrogens is 202 g/mol. The zero-order chi connectivity index (χ0) is 11.4.